The highest BCUT2D eigenvalue weighted by atomic mass is 16.5. The van der Waals surface area contributed by atoms with Crippen molar-refractivity contribution in [3.8, 4) is 5.75 Å². The number of pyridine rings is 1. The molecule has 1 amide bonds. The Bertz CT molecular complexity index is 840. The van der Waals surface area contributed by atoms with E-state index in [1.54, 1.807) is 13.3 Å². The third-order valence-corrected chi connectivity index (χ3v) is 6.09. The Morgan fingerprint density at radius 2 is 1.69 bits per heavy atom. The molecular formula is C23H30N4O2. The lowest BCUT2D eigenvalue weighted by Gasteiger charge is -2.37. The zero-order valence-corrected chi connectivity index (χ0v) is 17.4. The van der Waals surface area contributed by atoms with Crippen LogP contribution in [-0.4, -0.2) is 62.2 Å². The summed E-state index contributed by atoms with van der Waals surface area (Å²) in [6, 6.07) is 11.9. The molecule has 0 unspecified atom stereocenters. The number of hydrogen-bond donors (Lipinski definition) is 0. The van der Waals surface area contributed by atoms with Crippen molar-refractivity contribution in [3.05, 3.63) is 48.2 Å². The van der Waals surface area contributed by atoms with Crippen molar-refractivity contribution in [2.45, 2.75) is 19.8 Å². The Kier molecular flexibility index (Phi) is 5.88. The van der Waals surface area contributed by atoms with Gasteiger partial charge in [0.1, 0.15) is 11.6 Å². The van der Waals surface area contributed by atoms with Gasteiger partial charge in [-0.05, 0) is 43.0 Å². The predicted molar refractivity (Wildman–Crippen MR) is 116 cm³/mol. The monoisotopic (exact) mass is 394 g/mol. The van der Waals surface area contributed by atoms with E-state index in [9.17, 15) is 4.79 Å². The highest BCUT2D eigenvalue weighted by molar-refractivity contribution is 5.95. The van der Waals surface area contributed by atoms with Gasteiger partial charge in [-0.1, -0.05) is 19.1 Å². The molecule has 0 N–H and O–H groups in total. The minimum absolute atomic E-state index is 0.133. The zero-order valence-electron chi connectivity index (χ0n) is 17.4. The van der Waals surface area contributed by atoms with E-state index in [2.05, 4.69) is 27.8 Å². The molecule has 6 heteroatoms. The molecule has 6 nitrogen and oxygen atoms in total. The van der Waals surface area contributed by atoms with Crippen LogP contribution in [0.15, 0.2) is 42.6 Å². The number of ether oxygens (including phenoxy) is 1. The fourth-order valence-electron chi connectivity index (χ4n) is 4.19. The number of piperidine rings is 1. The lowest BCUT2D eigenvalue weighted by atomic mass is 9.99. The van der Waals surface area contributed by atoms with Crippen molar-refractivity contribution in [1.29, 1.82) is 0 Å². The summed E-state index contributed by atoms with van der Waals surface area (Å²) in [6.45, 7) is 7.49. The van der Waals surface area contributed by atoms with Gasteiger partial charge in [0.15, 0.2) is 0 Å². The van der Waals surface area contributed by atoms with E-state index in [4.69, 9.17) is 4.74 Å². The smallest absolute Gasteiger partial charge is 0.254 e. The summed E-state index contributed by atoms with van der Waals surface area (Å²) in [4.78, 5) is 24.0. The number of para-hydroxylation sites is 2. The molecule has 1 aromatic carbocycles. The number of rotatable bonds is 4. The van der Waals surface area contributed by atoms with Crippen molar-refractivity contribution in [2.24, 2.45) is 5.92 Å². The Morgan fingerprint density at radius 3 is 2.41 bits per heavy atom. The quantitative estimate of drug-likeness (QED) is 0.796. The van der Waals surface area contributed by atoms with Crippen molar-refractivity contribution in [2.75, 3.05) is 56.2 Å². The lowest BCUT2D eigenvalue weighted by Crippen LogP contribution is -2.47. The summed E-state index contributed by atoms with van der Waals surface area (Å²) in [5.74, 6) is 2.64. The maximum absolute atomic E-state index is 12.9. The van der Waals surface area contributed by atoms with Crippen LogP contribution in [0.3, 0.4) is 0 Å². The average molecular weight is 395 g/mol. The molecule has 2 aliphatic heterocycles. The predicted octanol–water partition coefficient (Wildman–Crippen LogP) is 3.29. The van der Waals surface area contributed by atoms with Gasteiger partial charge in [0, 0.05) is 51.0 Å². The van der Waals surface area contributed by atoms with Gasteiger partial charge in [0.25, 0.3) is 5.91 Å². The summed E-state index contributed by atoms with van der Waals surface area (Å²) in [5, 5.41) is 0. The Balaban J connectivity index is 1.41. The van der Waals surface area contributed by atoms with Crippen LogP contribution in [0.4, 0.5) is 11.5 Å². The first kappa shape index (κ1) is 19.6. The van der Waals surface area contributed by atoms with Gasteiger partial charge < -0.3 is 19.4 Å². The normalized spacial score (nSPS) is 18.1. The van der Waals surface area contributed by atoms with Gasteiger partial charge in [0.2, 0.25) is 0 Å². The molecule has 1 aromatic heterocycles. The summed E-state index contributed by atoms with van der Waals surface area (Å²) < 4.78 is 5.51. The molecule has 0 aliphatic carbocycles. The molecule has 4 rings (SSSR count). The molecule has 154 valence electrons. The molecule has 2 saturated heterocycles. The number of benzene rings is 1. The maximum atomic E-state index is 12.9. The van der Waals surface area contributed by atoms with Crippen LogP contribution in [0.1, 0.15) is 30.1 Å². The van der Waals surface area contributed by atoms with E-state index >= 15 is 0 Å². The van der Waals surface area contributed by atoms with Crippen LogP contribution in [0.5, 0.6) is 5.75 Å². The number of carbonyl (C=O) groups is 1. The molecule has 3 heterocycles. The second kappa shape index (κ2) is 8.72. The fraction of sp³-hybridized carbons (Fsp3) is 0.478. The molecule has 2 fully saturated rings. The first-order valence-electron chi connectivity index (χ1n) is 10.5. The van der Waals surface area contributed by atoms with Gasteiger partial charge in [-0.3, -0.25) is 4.79 Å². The summed E-state index contributed by atoms with van der Waals surface area (Å²) in [6.07, 6.45) is 3.95. The maximum Gasteiger partial charge on any atom is 0.254 e. The number of amides is 1. The summed E-state index contributed by atoms with van der Waals surface area (Å²) in [5.41, 5.74) is 1.88. The Morgan fingerprint density at radius 1 is 1.00 bits per heavy atom. The number of nitrogens with zero attached hydrogens (tertiary/aromatic N) is 4. The Labute approximate surface area is 173 Å². The van der Waals surface area contributed by atoms with Crippen molar-refractivity contribution in [1.82, 2.24) is 9.88 Å². The molecule has 0 spiro atoms. The van der Waals surface area contributed by atoms with E-state index in [1.165, 1.54) is 0 Å². The van der Waals surface area contributed by atoms with E-state index in [-0.39, 0.29) is 5.91 Å². The second-order valence-corrected chi connectivity index (χ2v) is 8.02. The van der Waals surface area contributed by atoms with Crippen LogP contribution in [0.2, 0.25) is 0 Å². The van der Waals surface area contributed by atoms with Gasteiger partial charge in [-0.25, -0.2) is 4.98 Å². The number of likely N-dealkylation sites (tertiary alicyclic amines) is 1. The molecule has 0 bridgehead atoms. The topological polar surface area (TPSA) is 48.9 Å². The third kappa shape index (κ3) is 4.31. The minimum atomic E-state index is 0.133. The number of methoxy groups -OCH3 is 1. The highest BCUT2D eigenvalue weighted by Gasteiger charge is 2.24. The average Bonchev–Trinajstić information content (AvgIpc) is 2.79. The fourth-order valence-corrected chi connectivity index (χ4v) is 4.19. The van der Waals surface area contributed by atoms with E-state index in [0.29, 0.717) is 5.92 Å². The summed E-state index contributed by atoms with van der Waals surface area (Å²) >= 11 is 0. The third-order valence-electron chi connectivity index (χ3n) is 6.09. The van der Waals surface area contributed by atoms with Crippen LogP contribution < -0.4 is 14.5 Å². The highest BCUT2D eigenvalue weighted by Crippen LogP contribution is 2.29. The summed E-state index contributed by atoms with van der Waals surface area (Å²) in [7, 11) is 1.71. The number of aromatic nitrogens is 1. The largest absolute Gasteiger partial charge is 0.495 e. The first-order chi connectivity index (χ1) is 14.2. The second-order valence-electron chi connectivity index (χ2n) is 8.02. The van der Waals surface area contributed by atoms with Gasteiger partial charge in [-0.2, -0.15) is 0 Å². The van der Waals surface area contributed by atoms with E-state index in [0.717, 1.165) is 74.9 Å². The zero-order chi connectivity index (χ0) is 20.2. The molecule has 29 heavy (non-hydrogen) atoms. The lowest BCUT2D eigenvalue weighted by molar-refractivity contribution is 0.0697. The van der Waals surface area contributed by atoms with Gasteiger partial charge >= 0.3 is 0 Å². The van der Waals surface area contributed by atoms with Crippen molar-refractivity contribution < 1.29 is 9.53 Å². The Hall–Kier alpha value is -2.76. The standard InChI is InChI=1S/C23H30N4O2/c1-18-8-11-27(12-9-18)23(28)19-7-10-24-22(17-19)26-15-13-25(14-16-26)20-5-3-4-6-21(20)29-2/h3-7,10,17-18H,8-9,11-16H2,1-2H3. The number of carbonyl (C=O) groups excluding carboxylic acids is 1. The van der Waals surface area contributed by atoms with Gasteiger partial charge in [0.05, 0.1) is 12.8 Å². The molecule has 0 radical (unpaired) electrons. The van der Waals surface area contributed by atoms with Crippen LogP contribution in [0.25, 0.3) is 0 Å². The van der Waals surface area contributed by atoms with Crippen molar-refractivity contribution >= 4 is 17.4 Å². The molecule has 2 aliphatic rings. The molecular weight excluding hydrogens is 364 g/mol. The number of piperazine rings is 1. The number of hydrogen-bond acceptors (Lipinski definition) is 5. The van der Waals surface area contributed by atoms with E-state index in [1.807, 2.05) is 35.2 Å². The minimum Gasteiger partial charge on any atom is -0.495 e. The molecule has 0 atom stereocenters. The number of anilines is 2. The van der Waals surface area contributed by atoms with Crippen molar-refractivity contribution in [3.63, 3.8) is 0 Å². The van der Waals surface area contributed by atoms with Crippen LogP contribution in [0, 0.1) is 5.92 Å². The SMILES string of the molecule is COc1ccccc1N1CCN(c2cc(C(=O)N3CCC(C)CC3)ccn2)CC1. The molecule has 2 aromatic rings. The van der Waals surface area contributed by atoms with Crippen LogP contribution in [-0.2, 0) is 0 Å². The molecule has 0 saturated carbocycles. The van der Waals surface area contributed by atoms with Gasteiger partial charge in [-0.15, -0.1) is 0 Å². The van der Waals surface area contributed by atoms with E-state index < -0.39 is 0 Å². The first-order valence-corrected chi connectivity index (χ1v) is 10.5. The van der Waals surface area contributed by atoms with Crippen LogP contribution >= 0.6 is 0 Å².